The topological polar surface area (TPSA) is 90.9 Å². The molecule has 7 nitrogen and oxygen atoms in total. The number of benzene rings is 2. The average molecular weight is 386 g/mol. The van der Waals surface area contributed by atoms with Gasteiger partial charge < -0.3 is 15.8 Å². The molecule has 0 bridgehead atoms. The van der Waals surface area contributed by atoms with Gasteiger partial charge in [0, 0.05) is 12.1 Å². The van der Waals surface area contributed by atoms with Gasteiger partial charge in [-0.25, -0.2) is 14.6 Å². The van der Waals surface area contributed by atoms with Gasteiger partial charge in [-0.1, -0.05) is 12.1 Å². The Morgan fingerprint density at radius 1 is 1.10 bits per heavy atom. The molecule has 1 atom stereocenters. The highest BCUT2D eigenvalue weighted by Gasteiger charge is 2.24. The molecule has 0 saturated carbocycles. The maximum Gasteiger partial charge on any atom is 0.164 e. The fourth-order valence-corrected chi connectivity index (χ4v) is 3.80. The lowest BCUT2D eigenvalue weighted by atomic mass is 10.1. The van der Waals surface area contributed by atoms with Crippen molar-refractivity contribution in [3.05, 3.63) is 60.4 Å². The molecule has 4 aromatic rings. The number of anilines is 1. The minimum atomic E-state index is 0.268. The zero-order valence-corrected chi connectivity index (χ0v) is 16.2. The largest absolute Gasteiger partial charge is 0.457 e. The molecule has 29 heavy (non-hydrogen) atoms. The summed E-state index contributed by atoms with van der Waals surface area (Å²) in [6.07, 6.45) is 2.52. The van der Waals surface area contributed by atoms with Crippen molar-refractivity contribution >= 4 is 16.9 Å². The fourth-order valence-electron chi connectivity index (χ4n) is 3.80. The van der Waals surface area contributed by atoms with E-state index >= 15 is 0 Å². The van der Waals surface area contributed by atoms with Crippen LogP contribution in [-0.2, 0) is 0 Å². The summed E-state index contributed by atoms with van der Waals surface area (Å²) in [6, 6.07) is 16.1. The second-order valence-corrected chi connectivity index (χ2v) is 7.34. The molecule has 1 aliphatic rings. The second kappa shape index (κ2) is 7.18. The standard InChI is InChI=1S/C22H22N6O/c1-14-3-2-4-18(11-14)29-17-7-5-15(6-8-17)20-19-21(23)25-13-26-22(19)28(27-20)16-9-10-24-12-16/h2-8,11,13,16,24H,9-10,12H2,1H3,(H2,23,25,26)/t16-/m1/s1. The number of aryl methyl sites for hydroxylation is 1. The van der Waals surface area contributed by atoms with E-state index in [1.54, 1.807) is 0 Å². The maximum absolute atomic E-state index is 6.21. The molecule has 146 valence electrons. The van der Waals surface area contributed by atoms with E-state index in [9.17, 15) is 0 Å². The predicted octanol–water partition coefficient (Wildman–Crippen LogP) is 3.71. The number of nitrogens with two attached hydrogens (primary N) is 1. The van der Waals surface area contributed by atoms with E-state index in [-0.39, 0.29) is 6.04 Å². The van der Waals surface area contributed by atoms with Gasteiger partial charge in [-0.3, -0.25) is 0 Å². The first kappa shape index (κ1) is 17.6. The lowest BCUT2D eigenvalue weighted by Crippen LogP contribution is -2.15. The van der Waals surface area contributed by atoms with Crippen LogP contribution in [0.5, 0.6) is 11.5 Å². The lowest BCUT2D eigenvalue weighted by molar-refractivity contribution is 0.482. The minimum absolute atomic E-state index is 0.268. The van der Waals surface area contributed by atoms with E-state index in [1.807, 2.05) is 60.1 Å². The first-order valence-corrected chi connectivity index (χ1v) is 9.73. The summed E-state index contributed by atoms with van der Waals surface area (Å²) >= 11 is 0. The van der Waals surface area contributed by atoms with Crippen LogP contribution < -0.4 is 15.8 Å². The summed E-state index contributed by atoms with van der Waals surface area (Å²) < 4.78 is 7.95. The summed E-state index contributed by atoms with van der Waals surface area (Å²) in [5.41, 5.74) is 9.90. The first-order chi connectivity index (χ1) is 14.2. The van der Waals surface area contributed by atoms with Crippen LogP contribution in [0.15, 0.2) is 54.9 Å². The van der Waals surface area contributed by atoms with Crippen LogP contribution in [-0.4, -0.2) is 32.8 Å². The summed E-state index contributed by atoms with van der Waals surface area (Å²) in [7, 11) is 0. The molecule has 1 aliphatic heterocycles. The number of hydrogen-bond donors (Lipinski definition) is 2. The fraction of sp³-hybridized carbons (Fsp3) is 0.227. The third kappa shape index (κ3) is 3.30. The zero-order chi connectivity index (χ0) is 19.8. The number of ether oxygens (including phenoxy) is 1. The molecule has 0 aliphatic carbocycles. The Morgan fingerprint density at radius 2 is 1.97 bits per heavy atom. The van der Waals surface area contributed by atoms with Gasteiger partial charge in [-0.05, 0) is 61.9 Å². The summed E-state index contributed by atoms with van der Waals surface area (Å²) in [4.78, 5) is 8.66. The van der Waals surface area contributed by atoms with E-state index in [0.717, 1.165) is 58.9 Å². The summed E-state index contributed by atoms with van der Waals surface area (Å²) in [6.45, 7) is 3.90. The Balaban J connectivity index is 1.52. The summed E-state index contributed by atoms with van der Waals surface area (Å²) in [5, 5.41) is 9.06. The maximum atomic E-state index is 6.21. The Bertz CT molecular complexity index is 1160. The molecule has 0 amide bonds. The molecule has 0 unspecified atom stereocenters. The number of aromatic nitrogens is 4. The van der Waals surface area contributed by atoms with E-state index < -0.39 is 0 Å². The third-order valence-corrected chi connectivity index (χ3v) is 5.25. The van der Waals surface area contributed by atoms with Crippen LogP contribution in [0.3, 0.4) is 0 Å². The van der Waals surface area contributed by atoms with E-state index in [2.05, 4.69) is 15.3 Å². The lowest BCUT2D eigenvalue weighted by Gasteiger charge is -2.09. The Labute approximate surface area is 168 Å². The van der Waals surface area contributed by atoms with E-state index in [0.29, 0.717) is 5.82 Å². The van der Waals surface area contributed by atoms with Crippen molar-refractivity contribution in [1.82, 2.24) is 25.1 Å². The van der Waals surface area contributed by atoms with Gasteiger partial charge in [-0.2, -0.15) is 5.10 Å². The number of nitrogen functional groups attached to an aromatic ring is 1. The molecular formula is C22H22N6O. The normalized spacial score (nSPS) is 16.4. The van der Waals surface area contributed by atoms with Gasteiger partial charge in [0.1, 0.15) is 29.3 Å². The first-order valence-electron chi connectivity index (χ1n) is 9.73. The van der Waals surface area contributed by atoms with Crippen molar-refractivity contribution in [3.8, 4) is 22.8 Å². The van der Waals surface area contributed by atoms with E-state index in [1.165, 1.54) is 6.33 Å². The van der Waals surface area contributed by atoms with Gasteiger partial charge in [0.25, 0.3) is 0 Å². The molecule has 0 spiro atoms. The number of fused-ring (bicyclic) bond motifs is 1. The molecule has 1 saturated heterocycles. The van der Waals surface area contributed by atoms with Crippen LogP contribution in [0.25, 0.3) is 22.3 Å². The molecule has 0 radical (unpaired) electrons. The van der Waals surface area contributed by atoms with Crippen molar-refractivity contribution in [1.29, 1.82) is 0 Å². The SMILES string of the molecule is Cc1cccc(Oc2ccc(-c3nn([C@@H]4CCNC4)c4ncnc(N)c34)cc2)c1. The molecule has 3 N–H and O–H groups in total. The molecular weight excluding hydrogens is 364 g/mol. The van der Waals surface area contributed by atoms with Crippen molar-refractivity contribution < 1.29 is 4.74 Å². The number of nitrogens with one attached hydrogen (secondary N) is 1. The van der Waals surface area contributed by atoms with Crippen molar-refractivity contribution in [3.63, 3.8) is 0 Å². The third-order valence-electron chi connectivity index (χ3n) is 5.25. The smallest absolute Gasteiger partial charge is 0.164 e. The van der Waals surface area contributed by atoms with Crippen LogP contribution in [0, 0.1) is 6.92 Å². The van der Waals surface area contributed by atoms with Gasteiger partial charge in [0.2, 0.25) is 0 Å². The van der Waals surface area contributed by atoms with Gasteiger partial charge >= 0.3 is 0 Å². The van der Waals surface area contributed by atoms with Gasteiger partial charge in [0.15, 0.2) is 5.65 Å². The van der Waals surface area contributed by atoms with Crippen LogP contribution >= 0.6 is 0 Å². The van der Waals surface area contributed by atoms with Gasteiger partial charge in [0.05, 0.1) is 11.4 Å². The van der Waals surface area contributed by atoms with Crippen molar-refractivity contribution in [2.75, 3.05) is 18.8 Å². The molecule has 3 heterocycles. The van der Waals surface area contributed by atoms with Gasteiger partial charge in [-0.15, -0.1) is 0 Å². The highest BCUT2D eigenvalue weighted by molar-refractivity contribution is 5.98. The quantitative estimate of drug-likeness (QED) is 0.556. The number of hydrogen-bond acceptors (Lipinski definition) is 6. The molecule has 7 heteroatoms. The average Bonchev–Trinajstić information content (AvgIpc) is 3.37. The highest BCUT2D eigenvalue weighted by Crippen LogP contribution is 2.34. The highest BCUT2D eigenvalue weighted by atomic mass is 16.5. The Morgan fingerprint density at radius 3 is 2.72 bits per heavy atom. The molecule has 5 rings (SSSR count). The Hall–Kier alpha value is -3.45. The van der Waals surface area contributed by atoms with Crippen molar-refractivity contribution in [2.45, 2.75) is 19.4 Å². The predicted molar refractivity (Wildman–Crippen MR) is 113 cm³/mol. The second-order valence-electron chi connectivity index (χ2n) is 7.34. The van der Waals surface area contributed by atoms with Crippen LogP contribution in [0.4, 0.5) is 5.82 Å². The Kier molecular flexibility index (Phi) is 4.37. The molecule has 1 fully saturated rings. The summed E-state index contributed by atoms with van der Waals surface area (Å²) in [5.74, 6) is 2.04. The number of nitrogens with zero attached hydrogens (tertiary/aromatic N) is 4. The molecule has 2 aromatic carbocycles. The molecule has 2 aromatic heterocycles. The zero-order valence-electron chi connectivity index (χ0n) is 16.2. The monoisotopic (exact) mass is 386 g/mol. The van der Waals surface area contributed by atoms with E-state index in [4.69, 9.17) is 15.6 Å². The van der Waals surface area contributed by atoms with Crippen LogP contribution in [0.1, 0.15) is 18.0 Å². The van der Waals surface area contributed by atoms with Crippen molar-refractivity contribution in [2.24, 2.45) is 0 Å². The van der Waals surface area contributed by atoms with Crippen LogP contribution in [0.2, 0.25) is 0 Å². The minimum Gasteiger partial charge on any atom is -0.457 e. The number of rotatable bonds is 4.